The lowest BCUT2D eigenvalue weighted by Gasteiger charge is -2.30. The molecular formula is C32H34FN3O3. The second-order valence-electron chi connectivity index (χ2n) is 10.4. The summed E-state index contributed by atoms with van der Waals surface area (Å²) in [7, 11) is 0. The van der Waals surface area contributed by atoms with Crippen molar-refractivity contribution in [1.82, 2.24) is 5.32 Å². The highest BCUT2D eigenvalue weighted by Crippen LogP contribution is 2.41. The van der Waals surface area contributed by atoms with E-state index in [1.54, 1.807) is 23.1 Å². The van der Waals surface area contributed by atoms with E-state index < -0.39 is 29.7 Å². The number of primary amides is 1. The number of nitrogens with two attached hydrogens (primary N) is 1. The Bertz CT molecular complexity index is 1370. The zero-order chi connectivity index (χ0) is 28.1. The van der Waals surface area contributed by atoms with Gasteiger partial charge >= 0.3 is 0 Å². The molecule has 1 aliphatic rings. The number of halogens is 1. The Morgan fingerprint density at radius 1 is 1.00 bits per heavy atom. The molecule has 4 rings (SSSR count). The number of hydrogen-bond donors (Lipinski definition) is 2. The third kappa shape index (κ3) is 6.08. The van der Waals surface area contributed by atoms with E-state index >= 15 is 0 Å². The molecule has 0 radical (unpaired) electrons. The lowest BCUT2D eigenvalue weighted by atomic mass is 9.82. The molecule has 3 unspecified atom stereocenters. The van der Waals surface area contributed by atoms with Crippen LogP contribution in [-0.4, -0.2) is 17.7 Å². The maximum absolute atomic E-state index is 14.3. The molecule has 3 atom stereocenters. The van der Waals surface area contributed by atoms with Gasteiger partial charge in [0.2, 0.25) is 11.8 Å². The fraction of sp³-hybridized carbons (Fsp3) is 0.281. The molecule has 202 valence electrons. The van der Waals surface area contributed by atoms with Gasteiger partial charge in [-0.3, -0.25) is 14.4 Å². The van der Waals surface area contributed by atoms with Crippen LogP contribution in [0.25, 0.3) is 11.1 Å². The summed E-state index contributed by atoms with van der Waals surface area (Å²) in [5, 5.41) is 2.99. The molecule has 7 heteroatoms. The van der Waals surface area contributed by atoms with Crippen molar-refractivity contribution in [2.45, 2.75) is 39.3 Å². The lowest BCUT2D eigenvalue weighted by molar-refractivity contribution is -0.135. The SMILES string of the molecule is C=CCC(C(N)=O)C(CC(C)C)C(=O)NC1C(=O)N(Cc2ccc(F)cc2)c2ccccc2-c2ccccc21. The predicted molar refractivity (Wildman–Crippen MR) is 151 cm³/mol. The number of rotatable bonds is 10. The Kier molecular flexibility index (Phi) is 8.59. The second kappa shape index (κ2) is 12.1. The van der Waals surface area contributed by atoms with Crippen molar-refractivity contribution in [3.63, 3.8) is 0 Å². The topological polar surface area (TPSA) is 92.5 Å². The average molecular weight is 528 g/mol. The summed E-state index contributed by atoms with van der Waals surface area (Å²) in [6.45, 7) is 7.86. The van der Waals surface area contributed by atoms with Crippen molar-refractivity contribution in [1.29, 1.82) is 0 Å². The van der Waals surface area contributed by atoms with E-state index in [2.05, 4.69) is 11.9 Å². The van der Waals surface area contributed by atoms with Gasteiger partial charge in [-0.05, 0) is 53.6 Å². The van der Waals surface area contributed by atoms with Crippen LogP contribution in [0.2, 0.25) is 0 Å². The van der Waals surface area contributed by atoms with E-state index in [-0.39, 0.29) is 30.6 Å². The van der Waals surface area contributed by atoms with Gasteiger partial charge in [0, 0.05) is 5.56 Å². The molecule has 0 aliphatic carbocycles. The molecule has 3 N–H and O–H groups in total. The van der Waals surface area contributed by atoms with E-state index in [1.165, 1.54) is 12.1 Å². The number of carbonyl (C=O) groups is 3. The normalized spacial score (nSPS) is 16.1. The van der Waals surface area contributed by atoms with Crippen LogP contribution >= 0.6 is 0 Å². The van der Waals surface area contributed by atoms with Gasteiger partial charge < -0.3 is 16.0 Å². The smallest absolute Gasteiger partial charge is 0.254 e. The van der Waals surface area contributed by atoms with E-state index in [1.807, 2.05) is 62.4 Å². The van der Waals surface area contributed by atoms with Gasteiger partial charge in [-0.25, -0.2) is 4.39 Å². The summed E-state index contributed by atoms with van der Waals surface area (Å²) in [5.41, 5.74) is 9.47. The zero-order valence-electron chi connectivity index (χ0n) is 22.3. The molecule has 3 aromatic carbocycles. The van der Waals surface area contributed by atoms with Crippen LogP contribution < -0.4 is 16.0 Å². The van der Waals surface area contributed by atoms with Crippen molar-refractivity contribution in [2.24, 2.45) is 23.5 Å². The number of carbonyl (C=O) groups excluding carboxylic acids is 3. The molecular weight excluding hydrogens is 493 g/mol. The number of amides is 3. The second-order valence-corrected chi connectivity index (χ2v) is 10.4. The van der Waals surface area contributed by atoms with Gasteiger partial charge in [0.15, 0.2) is 0 Å². The first kappa shape index (κ1) is 27.8. The average Bonchev–Trinajstić information content (AvgIpc) is 3.01. The van der Waals surface area contributed by atoms with Crippen molar-refractivity contribution >= 4 is 23.4 Å². The Morgan fingerprint density at radius 2 is 1.64 bits per heavy atom. The molecule has 0 saturated carbocycles. The van der Waals surface area contributed by atoms with Crippen LogP contribution in [0, 0.1) is 23.6 Å². The van der Waals surface area contributed by atoms with E-state index in [9.17, 15) is 18.8 Å². The highest BCUT2D eigenvalue weighted by molar-refractivity contribution is 6.06. The highest BCUT2D eigenvalue weighted by atomic mass is 19.1. The number of para-hydroxylation sites is 1. The third-order valence-electron chi connectivity index (χ3n) is 7.14. The summed E-state index contributed by atoms with van der Waals surface area (Å²) in [5.74, 6) is -3.02. The molecule has 1 aliphatic heterocycles. The maximum Gasteiger partial charge on any atom is 0.254 e. The van der Waals surface area contributed by atoms with Crippen LogP contribution in [0.1, 0.15) is 43.9 Å². The summed E-state index contributed by atoms with van der Waals surface area (Å²) in [6.07, 6.45) is 2.27. The van der Waals surface area contributed by atoms with Crippen LogP contribution in [0.3, 0.4) is 0 Å². The molecule has 0 spiro atoms. The van der Waals surface area contributed by atoms with Gasteiger partial charge in [-0.2, -0.15) is 0 Å². The standard InChI is InChI=1S/C32H34FN3O3/c1-4-9-26(30(34)37)27(18-20(2)3)31(38)35-29-25-12-6-5-10-23(25)24-11-7-8-13-28(24)36(32(29)39)19-21-14-16-22(33)17-15-21/h4-8,10-17,20,26-27,29H,1,9,18-19H2,2-3H3,(H2,34,37)(H,35,38). The van der Waals surface area contributed by atoms with Crippen molar-refractivity contribution in [3.05, 3.63) is 102 Å². The minimum Gasteiger partial charge on any atom is -0.369 e. The number of nitrogens with one attached hydrogen (secondary N) is 1. The number of hydrogen-bond acceptors (Lipinski definition) is 3. The number of nitrogens with zero attached hydrogens (tertiary/aromatic N) is 1. The first-order chi connectivity index (χ1) is 18.7. The largest absolute Gasteiger partial charge is 0.369 e. The van der Waals surface area contributed by atoms with Crippen molar-refractivity contribution in [2.75, 3.05) is 4.90 Å². The number of anilines is 1. The minimum atomic E-state index is -1.01. The zero-order valence-corrected chi connectivity index (χ0v) is 22.3. The molecule has 0 bridgehead atoms. The van der Waals surface area contributed by atoms with E-state index in [0.717, 1.165) is 16.7 Å². The quantitative estimate of drug-likeness (QED) is 0.339. The van der Waals surface area contributed by atoms with Crippen LogP contribution in [0.4, 0.5) is 10.1 Å². The molecule has 6 nitrogen and oxygen atoms in total. The third-order valence-corrected chi connectivity index (χ3v) is 7.14. The molecule has 0 saturated heterocycles. The molecule has 0 aromatic heterocycles. The Balaban J connectivity index is 1.78. The van der Waals surface area contributed by atoms with Crippen LogP contribution in [0.15, 0.2) is 85.5 Å². The Hall–Kier alpha value is -4.26. The predicted octanol–water partition coefficient (Wildman–Crippen LogP) is 5.54. The van der Waals surface area contributed by atoms with Crippen LogP contribution in [-0.2, 0) is 20.9 Å². The Labute approximate surface area is 228 Å². The highest BCUT2D eigenvalue weighted by Gasteiger charge is 2.38. The number of benzene rings is 3. The van der Waals surface area contributed by atoms with E-state index in [0.29, 0.717) is 17.7 Å². The fourth-order valence-corrected chi connectivity index (χ4v) is 5.28. The van der Waals surface area contributed by atoms with Gasteiger partial charge in [-0.15, -0.1) is 6.58 Å². The van der Waals surface area contributed by atoms with Crippen LogP contribution in [0.5, 0.6) is 0 Å². The van der Waals surface area contributed by atoms with Gasteiger partial charge in [0.1, 0.15) is 11.9 Å². The van der Waals surface area contributed by atoms with Gasteiger partial charge in [-0.1, -0.05) is 74.5 Å². The van der Waals surface area contributed by atoms with Crippen molar-refractivity contribution in [3.8, 4) is 11.1 Å². The summed E-state index contributed by atoms with van der Waals surface area (Å²) >= 11 is 0. The monoisotopic (exact) mass is 527 g/mol. The lowest BCUT2D eigenvalue weighted by Crippen LogP contribution is -2.47. The van der Waals surface area contributed by atoms with Gasteiger partial charge in [0.05, 0.1) is 24.1 Å². The van der Waals surface area contributed by atoms with Gasteiger partial charge in [0.25, 0.3) is 5.91 Å². The molecule has 39 heavy (non-hydrogen) atoms. The summed E-state index contributed by atoms with van der Waals surface area (Å²) in [4.78, 5) is 42.1. The summed E-state index contributed by atoms with van der Waals surface area (Å²) < 4.78 is 13.6. The first-order valence-corrected chi connectivity index (χ1v) is 13.2. The maximum atomic E-state index is 14.3. The number of allylic oxidation sites excluding steroid dienone is 1. The summed E-state index contributed by atoms with van der Waals surface area (Å²) in [6, 6.07) is 20.1. The first-order valence-electron chi connectivity index (χ1n) is 13.2. The minimum absolute atomic E-state index is 0.115. The molecule has 1 heterocycles. The van der Waals surface area contributed by atoms with E-state index in [4.69, 9.17) is 5.73 Å². The molecule has 3 aromatic rings. The molecule has 3 amide bonds. The fourth-order valence-electron chi connectivity index (χ4n) is 5.28. The Morgan fingerprint density at radius 3 is 2.28 bits per heavy atom. The number of fused-ring (bicyclic) bond motifs is 3. The molecule has 0 fully saturated rings. The van der Waals surface area contributed by atoms with Crippen molar-refractivity contribution < 1.29 is 18.8 Å².